The molecule has 3 aliphatic rings. The quantitative estimate of drug-likeness (QED) is 0.536. The van der Waals surface area contributed by atoms with E-state index in [0.717, 1.165) is 6.42 Å². The van der Waals surface area contributed by atoms with E-state index in [1.54, 1.807) is 11.8 Å². The van der Waals surface area contributed by atoms with E-state index >= 15 is 0 Å². The van der Waals surface area contributed by atoms with Gasteiger partial charge in [0.25, 0.3) is 0 Å². The van der Waals surface area contributed by atoms with Crippen molar-refractivity contribution in [2.75, 3.05) is 19.7 Å². The third kappa shape index (κ3) is 2.86. The Morgan fingerprint density at radius 3 is 2.57 bits per heavy atom. The summed E-state index contributed by atoms with van der Waals surface area (Å²) in [5, 5.41) is 11.5. The van der Waals surface area contributed by atoms with Gasteiger partial charge in [-0.25, -0.2) is 0 Å². The predicted molar refractivity (Wildman–Crippen MR) is 78.7 cm³/mol. The highest BCUT2D eigenvalue weighted by atomic mass is 16.5. The van der Waals surface area contributed by atoms with Gasteiger partial charge < -0.3 is 19.5 Å². The van der Waals surface area contributed by atoms with Crippen LogP contribution < -0.4 is 5.11 Å². The molecule has 6 heteroatoms. The molecule has 0 aromatic heterocycles. The van der Waals surface area contributed by atoms with Gasteiger partial charge in [0.1, 0.15) is 0 Å². The summed E-state index contributed by atoms with van der Waals surface area (Å²) >= 11 is 0. The third-order valence-corrected chi connectivity index (χ3v) is 5.37. The summed E-state index contributed by atoms with van der Waals surface area (Å²) in [6.45, 7) is 2.99. The van der Waals surface area contributed by atoms with Crippen molar-refractivity contribution in [1.82, 2.24) is 4.90 Å². The Labute approximate surface area is 135 Å². The Balaban J connectivity index is 1.71. The summed E-state index contributed by atoms with van der Waals surface area (Å²) in [5.74, 6) is -3.25. The fourth-order valence-electron chi connectivity index (χ4n) is 4.32. The average molecular weight is 320 g/mol. The maximum absolute atomic E-state index is 12.9. The molecule has 0 N–H and O–H groups in total. The zero-order valence-corrected chi connectivity index (χ0v) is 13.3. The van der Waals surface area contributed by atoms with Crippen molar-refractivity contribution in [3.8, 4) is 0 Å². The Morgan fingerprint density at radius 2 is 1.91 bits per heavy atom. The molecule has 0 radical (unpaired) electrons. The summed E-state index contributed by atoms with van der Waals surface area (Å²) in [7, 11) is 0. The molecule has 1 saturated heterocycles. The first-order valence-corrected chi connectivity index (χ1v) is 8.37. The lowest BCUT2D eigenvalue weighted by molar-refractivity contribution is -0.313. The minimum absolute atomic E-state index is 0.0154. The number of carboxylic acid groups (broad SMARTS) is 1. The lowest BCUT2D eigenvalue weighted by Gasteiger charge is -2.37. The summed E-state index contributed by atoms with van der Waals surface area (Å²) in [5.41, 5.74) is 0. The average Bonchev–Trinajstić information content (AvgIpc) is 3.15. The van der Waals surface area contributed by atoms with Gasteiger partial charge in [-0.05, 0) is 38.0 Å². The molecule has 0 spiro atoms. The molecule has 0 aromatic carbocycles. The van der Waals surface area contributed by atoms with Gasteiger partial charge in [-0.1, -0.05) is 12.2 Å². The zero-order valence-electron chi connectivity index (χ0n) is 13.3. The van der Waals surface area contributed by atoms with E-state index in [1.807, 2.05) is 12.2 Å². The van der Waals surface area contributed by atoms with Crippen molar-refractivity contribution < 1.29 is 24.2 Å². The monoisotopic (exact) mass is 320 g/mol. The van der Waals surface area contributed by atoms with E-state index in [-0.39, 0.29) is 29.6 Å². The van der Waals surface area contributed by atoms with Gasteiger partial charge in [0, 0.05) is 25.0 Å². The number of allylic oxidation sites excluding steroid dienone is 2. The van der Waals surface area contributed by atoms with Crippen LogP contribution >= 0.6 is 0 Å². The minimum Gasteiger partial charge on any atom is -0.550 e. The van der Waals surface area contributed by atoms with Crippen LogP contribution in [-0.4, -0.2) is 42.4 Å². The molecule has 23 heavy (non-hydrogen) atoms. The summed E-state index contributed by atoms with van der Waals surface area (Å²) < 4.78 is 5.05. The fourth-order valence-corrected chi connectivity index (χ4v) is 4.32. The van der Waals surface area contributed by atoms with Crippen LogP contribution in [0.3, 0.4) is 0 Å². The molecule has 2 fully saturated rings. The molecular weight excluding hydrogens is 298 g/mol. The first-order chi connectivity index (χ1) is 11.0. The number of rotatable bonds is 4. The number of ether oxygens (including phenoxy) is 1. The van der Waals surface area contributed by atoms with Crippen LogP contribution in [0.1, 0.15) is 26.2 Å². The van der Waals surface area contributed by atoms with E-state index in [4.69, 9.17) is 4.74 Å². The first kappa shape index (κ1) is 16.0. The molecule has 1 amide bonds. The largest absolute Gasteiger partial charge is 0.550 e. The summed E-state index contributed by atoms with van der Waals surface area (Å²) in [6.07, 6.45) is 6.02. The molecule has 0 aromatic rings. The van der Waals surface area contributed by atoms with Crippen LogP contribution in [0, 0.1) is 29.6 Å². The van der Waals surface area contributed by atoms with Crippen LogP contribution in [0.4, 0.5) is 0 Å². The van der Waals surface area contributed by atoms with E-state index in [9.17, 15) is 19.5 Å². The smallest absolute Gasteiger partial charge is 0.310 e. The number of piperidine rings is 1. The van der Waals surface area contributed by atoms with Gasteiger partial charge in [-0.2, -0.15) is 0 Å². The number of likely N-dealkylation sites (tertiary alicyclic amines) is 1. The SMILES string of the molecule is CCOC(=O)[C@H]1CCCN(C(=O)[C@@H]2[C@H](C(=O)[O-])[C@H]3C=C[C@@H]2C3)C1. The van der Waals surface area contributed by atoms with Gasteiger partial charge in [-0.3, -0.25) is 9.59 Å². The van der Waals surface area contributed by atoms with Gasteiger partial charge in [-0.15, -0.1) is 0 Å². The van der Waals surface area contributed by atoms with Crippen molar-refractivity contribution in [2.45, 2.75) is 26.2 Å². The number of carbonyl (C=O) groups excluding carboxylic acids is 3. The van der Waals surface area contributed by atoms with Crippen LogP contribution in [0.5, 0.6) is 0 Å². The van der Waals surface area contributed by atoms with Gasteiger partial charge in [0.05, 0.1) is 18.4 Å². The number of hydrogen-bond donors (Lipinski definition) is 0. The summed E-state index contributed by atoms with van der Waals surface area (Å²) in [6, 6.07) is 0. The molecule has 1 aliphatic heterocycles. The number of nitrogens with zero attached hydrogens (tertiary/aromatic N) is 1. The van der Waals surface area contributed by atoms with Gasteiger partial charge in [0.2, 0.25) is 5.91 Å². The van der Waals surface area contributed by atoms with E-state index in [0.29, 0.717) is 32.5 Å². The second-order valence-corrected chi connectivity index (χ2v) is 6.69. The number of amides is 1. The molecule has 0 unspecified atom stereocenters. The van der Waals surface area contributed by atoms with Crippen LogP contribution in [0.15, 0.2) is 12.2 Å². The van der Waals surface area contributed by atoms with Crippen LogP contribution in [-0.2, 0) is 19.1 Å². The van der Waals surface area contributed by atoms with Crippen molar-refractivity contribution in [1.29, 1.82) is 0 Å². The Morgan fingerprint density at radius 1 is 1.22 bits per heavy atom. The van der Waals surface area contributed by atoms with Crippen LogP contribution in [0.2, 0.25) is 0 Å². The van der Waals surface area contributed by atoms with Crippen LogP contribution in [0.25, 0.3) is 0 Å². The number of hydrogen-bond acceptors (Lipinski definition) is 5. The van der Waals surface area contributed by atoms with Crippen molar-refractivity contribution in [3.05, 3.63) is 12.2 Å². The molecule has 1 heterocycles. The topological polar surface area (TPSA) is 86.7 Å². The molecular formula is C17H22NO5-. The second kappa shape index (κ2) is 6.34. The Kier molecular flexibility index (Phi) is 4.41. The van der Waals surface area contributed by atoms with Crippen molar-refractivity contribution in [2.24, 2.45) is 29.6 Å². The van der Waals surface area contributed by atoms with Crippen molar-refractivity contribution >= 4 is 17.8 Å². The van der Waals surface area contributed by atoms with E-state index in [2.05, 4.69) is 0 Å². The molecule has 2 bridgehead atoms. The number of esters is 1. The fraction of sp³-hybridized carbons (Fsp3) is 0.706. The van der Waals surface area contributed by atoms with E-state index in [1.165, 1.54) is 0 Å². The lowest BCUT2D eigenvalue weighted by atomic mass is 9.81. The Bertz CT molecular complexity index is 543. The highest BCUT2D eigenvalue weighted by Gasteiger charge is 2.50. The highest BCUT2D eigenvalue weighted by Crippen LogP contribution is 2.48. The molecule has 1 saturated carbocycles. The van der Waals surface area contributed by atoms with E-state index < -0.39 is 17.8 Å². The maximum Gasteiger partial charge on any atom is 0.310 e. The molecule has 126 valence electrons. The standard InChI is InChI=1S/C17H23NO5/c1-2-23-17(22)12-4-3-7-18(9-12)15(19)13-10-5-6-11(8-10)14(13)16(20)21/h5-6,10-14H,2-4,7-9H2,1H3,(H,20,21)/p-1/t10-,11+,12+,13+,14-/m1/s1. The number of carbonyl (C=O) groups is 3. The highest BCUT2D eigenvalue weighted by molar-refractivity contribution is 5.87. The third-order valence-electron chi connectivity index (χ3n) is 5.37. The predicted octanol–water partition coefficient (Wildman–Crippen LogP) is -0.0237. The molecule has 2 aliphatic carbocycles. The normalized spacial score (nSPS) is 35.3. The molecule has 3 rings (SSSR count). The first-order valence-electron chi connectivity index (χ1n) is 8.37. The van der Waals surface area contributed by atoms with Gasteiger partial charge in [0.15, 0.2) is 0 Å². The van der Waals surface area contributed by atoms with Crippen molar-refractivity contribution in [3.63, 3.8) is 0 Å². The maximum atomic E-state index is 12.9. The number of carboxylic acids is 1. The minimum atomic E-state index is -1.14. The number of aliphatic carboxylic acids is 1. The number of fused-ring (bicyclic) bond motifs is 2. The van der Waals surface area contributed by atoms with Gasteiger partial charge >= 0.3 is 5.97 Å². The molecule has 6 nitrogen and oxygen atoms in total. The lowest BCUT2D eigenvalue weighted by Crippen LogP contribution is -2.50. The summed E-state index contributed by atoms with van der Waals surface area (Å²) in [4.78, 5) is 37.9. The molecule has 5 atom stereocenters. The second-order valence-electron chi connectivity index (χ2n) is 6.69. The zero-order chi connectivity index (χ0) is 16.6. The Hall–Kier alpha value is -1.85.